The first-order valence-electron chi connectivity index (χ1n) is 3.81. The highest BCUT2D eigenvalue weighted by Gasteiger charge is 2.21. The molecule has 0 amide bonds. The van der Waals surface area contributed by atoms with E-state index in [0.29, 0.717) is 0 Å². The molecule has 15 heavy (non-hydrogen) atoms. The van der Waals surface area contributed by atoms with E-state index in [-0.39, 0.29) is 6.54 Å². The Labute approximate surface area is 130 Å². The lowest BCUT2D eigenvalue weighted by atomic mass is 10.1. The molecule has 84 valence electrons. The molecule has 0 unspecified atom stereocenters. The molecular weight excluding hydrogens is 526 g/mol. The first kappa shape index (κ1) is 14.6. The second-order valence-corrected chi connectivity index (χ2v) is 6.70. The molecule has 1 atom stereocenters. The molecule has 0 aliphatic heterocycles. The molecule has 2 nitrogen and oxygen atoms in total. The molecule has 0 aliphatic carbocycles. The van der Waals surface area contributed by atoms with E-state index in [0.717, 1.165) is 27.9 Å². The van der Waals surface area contributed by atoms with E-state index >= 15 is 0 Å². The second-order valence-electron chi connectivity index (χ2n) is 2.74. The Morgan fingerprint density at radius 3 is 1.53 bits per heavy atom. The molecule has 0 aromatic heterocycles. The fraction of sp³-hybridized carbons (Fsp3) is 0.250. The van der Waals surface area contributed by atoms with Crippen LogP contribution in [0.15, 0.2) is 22.4 Å². The van der Waals surface area contributed by atoms with Crippen molar-refractivity contribution in [2.45, 2.75) is 6.10 Å². The van der Waals surface area contributed by atoms with Crippen LogP contribution in [0.25, 0.3) is 0 Å². The summed E-state index contributed by atoms with van der Waals surface area (Å²) in [6, 6.07) is 0. The Kier molecular flexibility index (Phi) is 5.77. The summed E-state index contributed by atoms with van der Waals surface area (Å²) < 4.78 is 4.10. The van der Waals surface area contributed by atoms with Crippen molar-refractivity contribution in [2.24, 2.45) is 5.73 Å². The Hall–Kier alpha value is 1.54. The molecule has 0 aliphatic rings. The fourth-order valence-electron chi connectivity index (χ4n) is 1.03. The van der Waals surface area contributed by atoms with Crippen LogP contribution in [-0.2, 0) is 0 Å². The third kappa shape index (κ3) is 2.86. The van der Waals surface area contributed by atoms with Gasteiger partial charge in [-0.15, -0.1) is 0 Å². The molecule has 0 saturated carbocycles. The van der Waals surface area contributed by atoms with Gasteiger partial charge in [0.25, 0.3) is 0 Å². The van der Waals surface area contributed by atoms with Gasteiger partial charge in [-0.25, -0.2) is 0 Å². The summed E-state index contributed by atoms with van der Waals surface area (Å²) in [4.78, 5) is 0. The van der Waals surface area contributed by atoms with Crippen molar-refractivity contribution < 1.29 is 5.11 Å². The average molecular weight is 532 g/mol. The monoisotopic (exact) mass is 527 g/mol. The lowest BCUT2D eigenvalue weighted by molar-refractivity contribution is 0.185. The number of benzene rings is 1. The van der Waals surface area contributed by atoms with Gasteiger partial charge in [-0.1, -0.05) is 0 Å². The van der Waals surface area contributed by atoms with Gasteiger partial charge in [-0.3, -0.25) is 0 Å². The maximum atomic E-state index is 9.79. The van der Waals surface area contributed by atoms with E-state index in [2.05, 4.69) is 79.6 Å². The topological polar surface area (TPSA) is 46.2 Å². The van der Waals surface area contributed by atoms with Crippen molar-refractivity contribution in [3.05, 3.63) is 27.9 Å². The van der Waals surface area contributed by atoms with E-state index in [4.69, 9.17) is 5.73 Å². The van der Waals surface area contributed by atoms with Gasteiger partial charge in [-0.05, 0) is 79.6 Å². The summed E-state index contributed by atoms with van der Waals surface area (Å²) in [5, 5.41) is 9.79. The van der Waals surface area contributed by atoms with Crippen molar-refractivity contribution >= 4 is 79.6 Å². The molecule has 0 spiro atoms. The maximum absolute atomic E-state index is 9.79. The Morgan fingerprint density at radius 2 is 1.20 bits per heavy atom. The normalized spacial score (nSPS) is 13.0. The summed E-state index contributed by atoms with van der Waals surface area (Å²) in [6.07, 6.45) is -0.713. The van der Waals surface area contributed by atoms with Gasteiger partial charge in [0.15, 0.2) is 0 Å². The van der Waals surface area contributed by atoms with Gasteiger partial charge in [0, 0.05) is 34.5 Å². The van der Waals surface area contributed by atoms with E-state index in [1.165, 1.54) is 0 Å². The number of aliphatic hydroxyl groups excluding tert-OH is 1. The SMILES string of the molecule is NC[C@H](O)c1c(Br)c(Br)c(Br)c(Br)c1Br. The average Bonchev–Trinajstić information content (AvgIpc) is 2.23. The lowest BCUT2D eigenvalue weighted by Gasteiger charge is -2.17. The van der Waals surface area contributed by atoms with Crippen LogP contribution in [0.2, 0.25) is 0 Å². The van der Waals surface area contributed by atoms with Crippen LogP contribution in [0.3, 0.4) is 0 Å². The second kappa shape index (κ2) is 5.93. The van der Waals surface area contributed by atoms with Crippen LogP contribution in [-0.4, -0.2) is 11.7 Å². The molecule has 7 heteroatoms. The highest BCUT2D eigenvalue weighted by atomic mass is 79.9. The summed E-state index contributed by atoms with van der Waals surface area (Å²) in [5.41, 5.74) is 6.17. The van der Waals surface area contributed by atoms with Gasteiger partial charge in [-0.2, -0.15) is 0 Å². The smallest absolute Gasteiger partial charge is 0.0934 e. The molecule has 1 aromatic rings. The standard InChI is InChI=1S/C8H6Br5NO/c9-4-3(2(15)1-14)5(10)7(12)8(13)6(4)11/h2,15H,1,14H2/t2-/m0/s1. The van der Waals surface area contributed by atoms with E-state index in [1.807, 2.05) is 0 Å². The Bertz CT molecular complexity index is 366. The van der Waals surface area contributed by atoms with Crippen LogP contribution in [0.5, 0.6) is 0 Å². The van der Waals surface area contributed by atoms with Crippen LogP contribution in [0, 0.1) is 0 Å². The minimum Gasteiger partial charge on any atom is -0.387 e. The molecule has 0 fully saturated rings. The van der Waals surface area contributed by atoms with Crippen LogP contribution >= 0.6 is 79.6 Å². The van der Waals surface area contributed by atoms with Gasteiger partial charge in [0.1, 0.15) is 0 Å². The van der Waals surface area contributed by atoms with Crippen molar-refractivity contribution in [2.75, 3.05) is 6.54 Å². The van der Waals surface area contributed by atoms with Gasteiger partial charge < -0.3 is 10.8 Å². The lowest BCUT2D eigenvalue weighted by Crippen LogP contribution is -2.13. The van der Waals surface area contributed by atoms with Crippen molar-refractivity contribution in [3.63, 3.8) is 0 Å². The molecule has 0 radical (unpaired) electrons. The Morgan fingerprint density at radius 1 is 0.867 bits per heavy atom. The van der Waals surface area contributed by atoms with E-state index in [9.17, 15) is 5.11 Å². The molecule has 1 rings (SSSR count). The number of halogens is 5. The predicted molar refractivity (Wildman–Crippen MR) is 79.0 cm³/mol. The first-order chi connectivity index (χ1) is 6.91. The third-order valence-electron chi connectivity index (χ3n) is 1.80. The number of hydrogen-bond donors (Lipinski definition) is 2. The highest BCUT2D eigenvalue weighted by molar-refractivity contribution is 9.15. The van der Waals surface area contributed by atoms with Gasteiger partial charge in [0.2, 0.25) is 0 Å². The number of hydrogen-bond acceptors (Lipinski definition) is 2. The van der Waals surface area contributed by atoms with Gasteiger partial charge >= 0.3 is 0 Å². The largest absolute Gasteiger partial charge is 0.387 e. The zero-order valence-corrected chi connectivity index (χ0v) is 15.1. The van der Waals surface area contributed by atoms with E-state index in [1.54, 1.807) is 0 Å². The molecular formula is C8H6Br5NO. The zero-order chi connectivity index (χ0) is 11.7. The number of rotatable bonds is 2. The van der Waals surface area contributed by atoms with Crippen molar-refractivity contribution in [1.82, 2.24) is 0 Å². The summed E-state index contributed by atoms with van der Waals surface area (Å²) >= 11 is 17.1. The molecule has 0 heterocycles. The minimum absolute atomic E-state index is 0.164. The number of aliphatic hydroxyl groups is 1. The summed E-state index contributed by atoms with van der Waals surface area (Å²) in [6.45, 7) is 0.164. The zero-order valence-electron chi connectivity index (χ0n) is 7.20. The highest BCUT2D eigenvalue weighted by Crippen LogP contribution is 2.46. The van der Waals surface area contributed by atoms with Crippen molar-refractivity contribution in [3.8, 4) is 0 Å². The minimum atomic E-state index is -0.713. The van der Waals surface area contributed by atoms with Crippen LogP contribution < -0.4 is 5.73 Å². The predicted octanol–water partition coefficient (Wildman–Crippen LogP) is 4.49. The quantitative estimate of drug-likeness (QED) is 0.437. The van der Waals surface area contributed by atoms with E-state index < -0.39 is 6.10 Å². The van der Waals surface area contributed by atoms with Crippen molar-refractivity contribution in [1.29, 1.82) is 0 Å². The molecule has 0 saturated heterocycles. The number of nitrogens with two attached hydrogens (primary N) is 1. The third-order valence-corrected chi connectivity index (χ3v) is 7.95. The maximum Gasteiger partial charge on any atom is 0.0934 e. The fourth-order valence-corrected chi connectivity index (χ4v) is 4.64. The first-order valence-corrected chi connectivity index (χ1v) is 7.77. The molecule has 0 bridgehead atoms. The van der Waals surface area contributed by atoms with Crippen LogP contribution in [0.1, 0.15) is 11.7 Å². The summed E-state index contributed by atoms with van der Waals surface area (Å²) in [5.74, 6) is 0. The van der Waals surface area contributed by atoms with Gasteiger partial charge in [0.05, 0.1) is 6.10 Å². The molecule has 1 aromatic carbocycles. The Balaban J connectivity index is 3.52. The van der Waals surface area contributed by atoms with Crippen LogP contribution in [0.4, 0.5) is 0 Å². The molecule has 3 N–H and O–H groups in total. The summed E-state index contributed by atoms with van der Waals surface area (Å²) in [7, 11) is 0.